The minimum atomic E-state index is -3.01. The largest absolute Gasteiger partial charge is 0.378 e. The van der Waals surface area contributed by atoms with Crippen LogP contribution in [0.5, 0.6) is 0 Å². The number of nitrogens with zero attached hydrogens (tertiary/aromatic N) is 1. The predicted octanol–water partition coefficient (Wildman–Crippen LogP) is 1.74. The zero-order valence-electron chi connectivity index (χ0n) is 13.4. The third-order valence-electron chi connectivity index (χ3n) is 4.66. The minimum absolute atomic E-state index is 0.212. The lowest BCUT2D eigenvalue weighted by molar-refractivity contribution is -0.00594. The minimum Gasteiger partial charge on any atom is -0.378 e. The second-order valence-electron chi connectivity index (χ2n) is 6.24. The number of hydrogen-bond acceptors (Lipinski definition) is 4. The van der Waals surface area contributed by atoms with Gasteiger partial charge < -0.3 is 10.1 Å². The molecule has 2 aliphatic rings. The van der Waals surface area contributed by atoms with E-state index in [9.17, 15) is 8.42 Å². The third kappa shape index (κ3) is 4.91. The zero-order chi connectivity index (χ0) is 15.3. The van der Waals surface area contributed by atoms with E-state index in [0.717, 1.165) is 38.7 Å². The highest BCUT2D eigenvalue weighted by Gasteiger charge is 2.29. The second-order valence-corrected chi connectivity index (χ2v) is 8.50. The van der Waals surface area contributed by atoms with Gasteiger partial charge in [0.1, 0.15) is 0 Å². The number of hydrogen-bond donors (Lipinski definition) is 1. The molecule has 2 aliphatic heterocycles. The van der Waals surface area contributed by atoms with E-state index in [1.165, 1.54) is 6.42 Å². The molecule has 0 aromatic carbocycles. The van der Waals surface area contributed by atoms with Gasteiger partial charge >= 0.3 is 0 Å². The average Bonchev–Trinajstić information content (AvgIpc) is 2.48. The highest BCUT2D eigenvalue weighted by atomic mass is 32.2. The summed E-state index contributed by atoms with van der Waals surface area (Å²) in [6, 6.07) is 0.994. The molecular weight excluding hydrogens is 288 g/mol. The van der Waals surface area contributed by atoms with Crippen LogP contribution in [0.3, 0.4) is 0 Å². The first-order valence-electron chi connectivity index (χ1n) is 8.40. The van der Waals surface area contributed by atoms with Crippen molar-refractivity contribution in [2.24, 2.45) is 0 Å². The Balaban J connectivity index is 1.76. The zero-order valence-corrected chi connectivity index (χ0v) is 14.2. The molecule has 0 amide bonds. The van der Waals surface area contributed by atoms with Gasteiger partial charge in [-0.1, -0.05) is 13.3 Å². The van der Waals surface area contributed by atoms with Crippen LogP contribution in [-0.4, -0.2) is 56.4 Å². The standard InChI is InChI=1S/C15H30N2O3S/c1-3-5-15-12-14(8-11-20-15)16-13-6-9-17(10-7-13)21(18,19)4-2/h13-16H,3-12H2,1-2H3. The molecule has 0 aromatic heterocycles. The summed E-state index contributed by atoms with van der Waals surface area (Å²) in [5.41, 5.74) is 0. The van der Waals surface area contributed by atoms with Crippen molar-refractivity contribution >= 4 is 10.0 Å². The predicted molar refractivity (Wildman–Crippen MR) is 84.9 cm³/mol. The van der Waals surface area contributed by atoms with Crippen LogP contribution >= 0.6 is 0 Å². The summed E-state index contributed by atoms with van der Waals surface area (Å²) in [4.78, 5) is 0. The summed E-state index contributed by atoms with van der Waals surface area (Å²) >= 11 is 0. The average molecular weight is 318 g/mol. The Morgan fingerprint density at radius 1 is 1.14 bits per heavy atom. The summed E-state index contributed by atoms with van der Waals surface area (Å²) in [7, 11) is -3.01. The van der Waals surface area contributed by atoms with Gasteiger partial charge in [-0.3, -0.25) is 0 Å². The van der Waals surface area contributed by atoms with Gasteiger partial charge in [-0.15, -0.1) is 0 Å². The summed E-state index contributed by atoms with van der Waals surface area (Å²) in [5.74, 6) is 0.212. The Morgan fingerprint density at radius 2 is 1.86 bits per heavy atom. The van der Waals surface area contributed by atoms with Crippen molar-refractivity contribution in [3.05, 3.63) is 0 Å². The van der Waals surface area contributed by atoms with Crippen molar-refractivity contribution < 1.29 is 13.2 Å². The maximum Gasteiger partial charge on any atom is 0.213 e. The van der Waals surface area contributed by atoms with Gasteiger partial charge in [-0.2, -0.15) is 0 Å². The van der Waals surface area contributed by atoms with Gasteiger partial charge in [-0.25, -0.2) is 12.7 Å². The summed E-state index contributed by atoms with van der Waals surface area (Å²) < 4.78 is 31.1. The molecule has 2 atom stereocenters. The molecule has 0 saturated carbocycles. The SMILES string of the molecule is CCCC1CC(NC2CCN(S(=O)(=O)CC)CC2)CCO1. The van der Waals surface area contributed by atoms with Crippen LogP contribution in [0.25, 0.3) is 0 Å². The molecule has 2 rings (SSSR count). The normalized spacial score (nSPS) is 29.6. The van der Waals surface area contributed by atoms with E-state index in [1.54, 1.807) is 11.2 Å². The van der Waals surface area contributed by atoms with E-state index < -0.39 is 10.0 Å². The van der Waals surface area contributed by atoms with E-state index in [4.69, 9.17) is 4.74 Å². The van der Waals surface area contributed by atoms with Crippen molar-refractivity contribution in [3.63, 3.8) is 0 Å². The monoisotopic (exact) mass is 318 g/mol. The molecule has 2 fully saturated rings. The number of piperidine rings is 1. The Morgan fingerprint density at radius 3 is 2.48 bits per heavy atom. The van der Waals surface area contributed by atoms with Gasteiger partial charge in [0.05, 0.1) is 11.9 Å². The Hall–Kier alpha value is -0.170. The summed E-state index contributed by atoms with van der Waals surface area (Å²) in [6.07, 6.45) is 6.75. The van der Waals surface area contributed by atoms with E-state index in [0.29, 0.717) is 31.3 Å². The van der Waals surface area contributed by atoms with Gasteiger partial charge in [0.15, 0.2) is 0 Å². The molecule has 2 heterocycles. The number of nitrogens with one attached hydrogen (secondary N) is 1. The van der Waals surface area contributed by atoms with Crippen LogP contribution in [0.2, 0.25) is 0 Å². The Labute approximate surface area is 129 Å². The van der Waals surface area contributed by atoms with Crippen molar-refractivity contribution in [1.29, 1.82) is 0 Å². The topological polar surface area (TPSA) is 58.6 Å². The Bertz CT molecular complexity index is 403. The fraction of sp³-hybridized carbons (Fsp3) is 1.00. The highest BCUT2D eigenvalue weighted by Crippen LogP contribution is 2.21. The lowest BCUT2D eigenvalue weighted by Crippen LogP contribution is -2.50. The van der Waals surface area contributed by atoms with Crippen molar-refractivity contribution in [2.75, 3.05) is 25.4 Å². The van der Waals surface area contributed by atoms with E-state index in [2.05, 4.69) is 12.2 Å². The highest BCUT2D eigenvalue weighted by molar-refractivity contribution is 7.89. The maximum atomic E-state index is 11.9. The maximum absolute atomic E-state index is 11.9. The van der Waals surface area contributed by atoms with E-state index in [1.807, 2.05) is 0 Å². The number of sulfonamides is 1. The van der Waals surface area contributed by atoms with Gasteiger partial charge in [0, 0.05) is 31.8 Å². The van der Waals surface area contributed by atoms with Gasteiger partial charge in [0.25, 0.3) is 0 Å². The lowest BCUT2D eigenvalue weighted by Gasteiger charge is -2.36. The summed E-state index contributed by atoms with van der Waals surface area (Å²) in [6.45, 7) is 6.09. The molecule has 0 bridgehead atoms. The second kappa shape index (κ2) is 7.90. The van der Waals surface area contributed by atoms with Crippen molar-refractivity contribution in [1.82, 2.24) is 9.62 Å². The first kappa shape index (κ1) is 17.2. The van der Waals surface area contributed by atoms with Crippen LogP contribution in [0.4, 0.5) is 0 Å². The van der Waals surface area contributed by atoms with E-state index in [-0.39, 0.29) is 5.75 Å². The van der Waals surface area contributed by atoms with Crippen LogP contribution in [0, 0.1) is 0 Å². The molecule has 0 radical (unpaired) electrons. The van der Waals surface area contributed by atoms with E-state index >= 15 is 0 Å². The third-order valence-corrected chi connectivity index (χ3v) is 6.54. The molecule has 0 spiro atoms. The molecule has 2 unspecified atom stereocenters. The van der Waals surface area contributed by atoms with Crippen LogP contribution in [0.1, 0.15) is 52.4 Å². The molecular formula is C15H30N2O3S. The fourth-order valence-electron chi connectivity index (χ4n) is 3.37. The van der Waals surface area contributed by atoms with Crippen LogP contribution in [-0.2, 0) is 14.8 Å². The molecule has 6 heteroatoms. The first-order valence-corrected chi connectivity index (χ1v) is 10.0. The smallest absolute Gasteiger partial charge is 0.213 e. The molecule has 1 N–H and O–H groups in total. The molecule has 21 heavy (non-hydrogen) atoms. The van der Waals surface area contributed by atoms with Crippen molar-refractivity contribution in [3.8, 4) is 0 Å². The first-order chi connectivity index (χ1) is 10.0. The molecule has 0 aromatic rings. The number of ether oxygens (including phenoxy) is 1. The fourth-order valence-corrected chi connectivity index (χ4v) is 4.50. The van der Waals surface area contributed by atoms with Crippen LogP contribution < -0.4 is 5.32 Å². The van der Waals surface area contributed by atoms with Gasteiger partial charge in [0.2, 0.25) is 10.0 Å². The Kier molecular flexibility index (Phi) is 6.47. The number of rotatable bonds is 6. The molecule has 2 saturated heterocycles. The quantitative estimate of drug-likeness (QED) is 0.810. The van der Waals surface area contributed by atoms with Crippen LogP contribution in [0.15, 0.2) is 0 Å². The molecule has 5 nitrogen and oxygen atoms in total. The summed E-state index contributed by atoms with van der Waals surface area (Å²) in [5, 5.41) is 3.73. The lowest BCUT2D eigenvalue weighted by atomic mass is 9.97. The molecule has 0 aliphatic carbocycles. The van der Waals surface area contributed by atoms with Crippen molar-refractivity contribution in [2.45, 2.75) is 70.6 Å². The molecule has 124 valence electrons. The van der Waals surface area contributed by atoms with Gasteiger partial charge in [-0.05, 0) is 39.0 Å².